The van der Waals surface area contributed by atoms with Crippen LogP contribution in [0.2, 0.25) is 0 Å². The summed E-state index contributed by atoms with van der Waals surface area (Å²) in [5.74, 6) is 1.92. The maximum atomic E-state index is 11.6. The molecule has 5 atom stereocenters. The molecule has 0 heterocycles. The Kier molecular flexibility index (Phi) is 3.71. The summed E-state index contributed by atoms with van der Waals surface area (Å²) >= 11 is 0. The third-order valence-electron chi connectivity index (χ3n) is 4.62. The number of hydrogen-bond acceptors (Lipinski definition) is 3. The molecule has 0 spiro atoms. The predicted octanol–water partition coefficient (Wildman–Crippen LogP) is 2.76. The highest BCUT2D eigenvalue weighted by atomic mass is 16.5. The number of rotatable bonds is 4. The molecule has 0 aromatic rings. The molecule has 2 rings (SSSR count). The van der Waals surface area contributed by atoms with Gasteiger partial charge in [-0.2, -0.15) is 5.26 Å². The number of carbonyl (C=O) groups excluding carboxylic acids is 1. The lowest BCUT2D eigenvalue weighted by molar-refractivity contribution is -0.150. The van der Waals surface area contributed by atoms with E-state index in [1.165, 1.54) is 6.42 Å². The van der Waals surface area contributed by atoms with Crippen molar-refractivity contribution in [2.45, 2.75) is 39.5 Å². The summed E-state index contributed by atoms with van der Waals surface area (Å²) in [6.07, 6.45) is 4.11. The van der Waals surface area contributed by atoms with E-state index in [9.17, 15) is 4.79 Å². The molecule has 17 heavy (non-hydrogen) atoms. The smallest absolute Gasteiger partial charge is 0.308 e. The molecule has 2 saturated carbocycles. The van der Waals surface area contributed by atoms with Gasteiger partial charge in [-0.25, -0.2) is 0 Å². The Balaban J connectivity index is 1.77. The lowest BCUT2D eigenvalue weighted by atomic mass is 9.83. The fourth-order valence-corrected chi connectivity index (χ4v) is 3.26. The van der Waals surface area contributed by atoms with Crippen LogP contribution in [-0.4, -0.2) is 12.6 Å². The Morgan fingerprint density at radius 2 is 2.18 bits per heavy atom. The minimum atomic E-state index is -0.0629. The molecule has 0 aliphatic heterocycles. The van der Waals surface area contributed by atoms with Crippen molar-refractivity contribution in [3.63, 3.8) is 0 Å². The molecule has 2 fully saturated rings. The molecule has 0 saturated heterocycles. The molecule has 2 bridgehead atoms. The van der Waals surface area contributed by atoms with Gasteiger partial charge in [0.25, 0.3) is 0 Å². The van der Waals surface area contributed by atoms with Gasteiger partial charge in [0, 0.05) is 5.92 Å². The molecule has 0 aromatic heterocycles. The first-order chi connectivity index (χ1) is 8.15. The number of fused-ring (bicyclic) bond motifs is 2. The first kappa shape index (κ1) is 12.4. The van der Waals surface area contributed by atoms with Gasteiger partial charge in [-0.05, 0) is 43.4 Å². The van der Waals surface area contributed by atoms with Crippen molar-refractivity contribution in [1.29, 1.82) is 5.26 Å². The van der Waals surface area contributed by atoms with Gasteiger partial charge in [0.05, 0.1) is 18.6 Å². The fourth-order valence-electron chi connectivity index (χ4n) is 3.26. The Morgan fingerprint density at radius 3 is 2.71 bits per heavy atom. The van der Waals surface area contributed by atoms with Crippen LogP contribution in [0.15, 0.2) is 0 Å². The third-order valence-corrected chi connectivity index (χ3v) is 4.62. The van der Waals surface area contributed by atoms with Crippen molar-refractivity contribution in [3.8, 4) is 6.07 Å². The predicted molar refractivity (Wildman–Crippen MR) is 63.8 cm³/mol. The highest BCUT2D eigenvalue weighted by Gasteiger charge is 2.46. The Bertz CT molecular complexity index is 334. The maximum absolute atomic E-state index is 11.6. The summed E-state index contributed by atoms with van der Waals surface area (Å²) in [4.78, 5) is 11.6. The van der Waals surface area contributed by atoms with Crippen molar-refractivity contribution < 1.29 is 9.53 Å². The van der Waals surface area contributed by atoms with Gasteiger partial charge in [-0.15, -0.1) is 0 Å². The van der Waals surface area contributed by atoms with Crippen LogP contribution in [0.25, 0.3) is 0 Å². The Labute approximate surface area is 103 Å². The quantitative estimate of drug-likeness (QED) is 0.704. The van der Waals surface area contributed by atoms with Gasteiger partial charge >= 0.3 is 5.97 Å². The van der Waals surface area contributed by atoms with Crippen LogP contribution in [0.5, 0.6) is 0 Å². The molecule has 2 aliphatic carbocycles. The van der Waals surface area contributed by atoms with Crippen LogP contribution in [0.3, 0.4) is 0 Å². The average molecular weight is 235 g/mol. The minimum absolute atomic E-state index is 0.0143. The van der Waals surface area contributed by atoms with E-state index in [1.54, 1.807) is 0 Å². The number of ether oxygens (including phenoxy) is 1. The number of nitriles is 1. The van der Waals surface area contributed by atoms with E-state index in [1.807, 2.05) is 13.8 Å². The highest BCUT2D eigenvalue weighted by Crippen LogP contribution is 2.51. The van der Waals surface area contributed by atoms with Crippen LogP contribution < -0.4 is 0 Å². The summed E-state index contributed by atoms with van der Waals surface area (Å²) in [6.45, 7) is 4.48. The molecule has 2 aliphatic rings. The molecule has 5 unspecified atom stereocenters. The average Bonchev–Trinajstić information content (AvgIpc) is 2.93. The molecule has 0 N–H and O–H groups in total. The van der Waals surface area contributed by atoms with E-state index in [0.717, 1.165) is 19.3 Å². The molecular formula is C14H21NO2. The van der Waals surface area contributed by atoms with Crippen LogP contribution in [0.4, 0.5) is 0 Å². The molecule has 0 radical (unpaired) electrons. The van der Waals surface area contributed by atoms with Gasteiger partial charge in [-0.3, -0.25) is 4.79 Å². The Hall–Kier alpha value is -1.04. The standard InChI is InChI=1S/C14H21NO2/c1-3-9(2)14(16)17-8-13-6-10-4-11(13)5-12(10)7-15/h9-13H,3-6,8H2,1-2H3. The van der Waals surface area contributed by atoms with Crippen LogP contribution in [0, 0.1) is 40.9 Å². The fraction of sp³-hybridized carbons (Fsp3) is 0.857. The van der Waals surface area contributed by atoms with Gasteiger partial charge in [-0.1, -0.05) is 13.8 Å². The summed E-state index contributed by atoms with van der Waals surface area (Å²) in [7, 11) is 0. The second-order valence-electron chi connectivity index (χ2n) is 5.66. The topological polar surface area (TPSA) is 50.1 Å². The van der Waals surface area contributed by atoms with E-state index < -0.39 is 0 Å². The minimum Gasteiger partial charge on any atom is -0.465 e. The lowest BCUT2D eigenvalue weighted by Crippen LogP contribution is -2.24. The van der Waals surface area contributed by atoms with E-state index in [2.05, 4.69) is 6.07 Å². The van der Waals surface area contributed by atoms with Gasteiger partial charge in [0.15, 0.2) is 0 Å². The number of esters is 1. The van der Waals surface area contributed by atoms with E-state index >= 15 is 0 Å². The molecule has 94 valence electrons. The third kappa shape index (κ3) is 2.46. The Morgan fingerprint density at radius 1 is 1.41 bits per heavy atom. The zero-order chi connectivity index (χ0) is 12.4. The van der Waals surface area contributed by atoms with Crippen molar-refractivity contribution in [3.05, 3.63) is 0 Å². The van der Waals surface area contributed by atoms with E-state index in [0.29, 0.717) is 24.4 Å². The summed E-state index contributed by atoms with van der Waals surface area (Å²) in [5.41, 5.74) is 0. The van der Waals surface area contributed by atoms with E-state index in [-0.39, 0.29) is 17.8 Å². The van der Waals surface area contributed by atoms with Gasteiger partial charge in [0.1, 0.15) is 0 Å². The van der Waals surface area contributed by atoms with Crippen LogP contribution in [-0.2, 0) is 9.53 Å². The monoisotopic (exact) mass is 235 g/mol. The number of nitrogens with zero attached hydrogens (tertiary/aromatic N) is 1. The molecule has 3 nitrogen and oxygen atoms in total. The zero-order valence-electron chi connectivity index (χ0n) is 10.7. The van der Waals surface area contributed by atoms with Gasteiger partial charge < -0.3 is 4.74 Å². The highest BCUT2D eigenvalue weighted by molar-refractivity contribution is 5.71. The summed E-state index contributed by atoms with van der Waals surface area (Å²) in [5, 5.41) is 8.96. The number of carbonyl (C=O) groups is 1. The van der Waals surface area contributed by atoms with E-state index in [4.69, 9.17) is 10.00 Å². The zero-order valence-corrected chi connectivity index (χ0v) is 10.7. The molecular weight excluding hydrogens is 214 g/mol. The first-order valence-corrected chi connectivity index (χ1v) is 6.71. The maximum Gasteiger partial charge on any atom is 0.308 e. The van der Waals surface area contributed by atoms with Crippen LogP contribution in [0.1, 0.15) is 39.5 Å². The van der Waals surface area contributed by atoms with Crippen molar-refractivity contribution in [1.82, 2.24) is 0 Å². The molecule has 0 aromatic carbocycles. The molecule has 3 heteroatoms. The summed E-state index contributed by atoms with van der Waals surface area (Å²) in [6, 6.07) is 2.40. The van der Waals surface area contributed by atoms with Crippen molar-refractivity contribution in [2.75, 3.05) is 6.61 Å². The SMILES string of the molecule is CCC(C)C(=O)OCC1CC2CC1CC2C#N. The van der Waals surface area contributed by atoms with Gasteiger partial charge in [0.2, 0.25) is 0 Å². The number of hydrogen-bond donors (Lipinski definition) is 0. The van der Waals surface area contributed by atoms with Crippen molar-refractivity contribution >= 4 is 5.97 Å². The first-order valence-electron chi connectivity index (χ1n) is 6.71. The largest absolute Gasteiger partial charge is 0.465 e. The normalized spacial score (nSPS) is 36.5. The second kappa shape index (κ2) is 5.08. The van der Waals surface area contributed by atoms with Crippen LogP contribution >= 0.6 is 0 Å². The van der Waals surface area contributed by atoms with Crippen molar-refractivity contribution in [2.24, 2.45) is 29.6 Å². The molecule has 0 amide bonds. The second-order valence-corrected chi connectivity index (χ2v) is 5.66. The lowest BCUT2D eigenvalue weighted by Gasteiger charge is -2.24. The summed E-state index contributed by atoms with van der Waals surface area (Å²) < 4.78 is 5.38.